The molecule has 128 valence electrons. The zero-order valence-corrected chi connectivity index (χ0v) is 13.8. The molecular formula is C18H22N2O4. The third-order valence-electron chi connectivity index (χ3n) is 3.49. The van der Waals surface area contributed by atoms with Crippen molar-refractivity contribution in [2.24, 2.45) is 0 Å². The van der Waals surface area contributed by atoms with Crippen LogP contribution in [0.3, 0.4) is 0 Å². The minimum absolute atomic E-state index is 0.00332. The Balaban J connectivity index is 1.63. The van der Waals surface area contributed by atoms with Gasteiger partial charge in [-0.1, -0.05) is 30.3 Å². The average Bonchev–Trinajstić information content (AvgIpc) is 2.60. The molecule has 0 aliphatic carbocycles. The lowest BCUT2D eigenvalue weighted by Gasteiger charge is -2.17. The van der Waals surface area contributed by atoms with E-state index in [9.17, 15) is 10.1 Å². The van der Waals surface area contributed by atoms with E-state index in [0.29, 0.717) is 25.5 Å². The lowest BCUT2D eigenvalue weighted by atomic mass is 10.3. The third kappa shape index (κ3) is 5.89. The topological polar surface area (TPSA) is 64.8 Å². The molecule has 2 aromatic rings. The maximum absolute atomic E-state index is 10.9. The Morgan fingerprint density at radius 2 is 1.67 bits per heavy atom. The molecule has 0 radical (unpaired) electrons. The molecule has 2 rings (SSSR count). The Kier molecular flexibility index (Phi) is 7.04. The van der Waals surface area contributed by atoms with Gasteiger partial charge in [-0.3, -0.25) is 10.1 Å². The molecular weight excluding hydrogens is 308 g/mol. The largest absolute Gasteiger partial charge is 0.494 e. The van der Waals surface area contributed by atoms with Gasteiger partial charge in [0.2, 0.25) is 0 Å². The maximum atomic E-state index is 10.9. The van der Waals surface area contributed by atoms with E-state index in [2.05, 4.69) is 4.90 Å². The van der Waals surface area contributed by atoms with Gasteiger partial charge >= 0.3 is 5.69 Å². The Hall–Kier alpha value is -2.60. The molecule has 6 heteroatoms. The first kappa shape index (κ1) is 17.7. The number of ether oxygens (including phenoxy) is 2. The Labute approximate surface area is 141 Å². The number of rotatable bonds is 10. The Morgan fingerprint density at radius 3 is 2.42 bits per heavy atom. The van der Waals surface area contributed by atoms with Crippen LogP contribution < -0.4 is 9.47 Å². The highest BCUT2D eigenvalue weighted by Crippen LogP contribution is 2.25. The molecule has 2 aromatic carbocycles. The van der Waals surface area contributed by atoms with Crippen molar-refractivity contribution in [1.82, 2.24) is 4.90 Å². The van der Waals surface area contributed by atoms with Gasteiger partial charge in [0, 0.05) is 19.2 Å². The number of hydrogen-bond donors (Lipinski definition) is 0. The van der Waals surface area contributed by atoms with Crippen molar-refractivity contribution in [1.29, 1.82) is 0 Å². The van der Waals surface area contributed by atoms with Crippen LogP contribution in [0.25, 0.3) is 0 Å². The average molecular weight is 330 g/mol. The van der Waals surface area contributed by atoms with Gasteiger partial charge < -0.3 is 14.4 Å². The summed E-state index contributed by atoms with van der Waals surface area (Å²) >= 11 is 0. The van der Waals surface area contributed by atoms with Crippen LogP contribution in [0.5, 0.6) is 11.5 Å². The fourth-order valence-electron chi connectivity index (χ4n) is 2.19. The smallest absolute Gasteiger partial charge is 0.310 e. The molecule has 0 aliphatic rings. The highest BCUT2D eigenvalue weighted by Gasteiger charge is 2.13. The summed E-state index contributed by atoms with van der Waals surface area (Å²) < 4.78 is 11.2. The van der Waals surface area contributed by atoms with Crippen molar-refractivity contribution < 1.29 is 14.4 Å². The summed E-state index contributed by atoms with van der Waals surface area (Å²) in [4.78, 5) is 12.6. The van der Waals surface area contributed by atoms with Crippen molar-refractivity contribution in [2.75, 3.05) is 33.4 Å². The lowest BCUT2D eigenvalue weighted by molar-refractivity contribution is -0.385. The van der Waals surface area contributed by atoms with Gasteiger partial charge in [0.15, 0.2) is 5.75 Å². The standard InChI is InChI=1S/C18H22N2O4/c1-19(12-7-14-23-16-8-3-2-4-9-16)13-15-24-18-11-6-5-10-17(18)20(21)22/h2-6,8-11H,7,12-15H2,1H3. The summed E-state index contributed by atoms with van der Waals surface area (Å²) in [6.45, 7) is 2.62. The molecule has 0 aromatic heterocycles. The van der Waals surface area contributed by atoms with Gasteiger partial charge in [-0.15, -0.1) is 0 Å². The first-order valence-corrected chi connectivity index (χ1v) is 7.89. The van der Waals surface area contributed by atoms with Gasteiger partial charge in [-0.25, -0.2) is 0 Å². The fraction of sp³-hybridized carbons (Fsp3) is 0.333. The zero-order valence-electron chi connectivity index (χ0n) is 13.8. The van der Waals surface area contributed by atoms with Gasteiger partial charge in [0.25, 0.3) is 0 Å². The normalized spacial score (nSPS) is 10.6. The highest BCUT2D eigenvalue weighted by atomic mass is 16.6. The molecule has 0 saturated heterocycles. The number of benzene rings is 2. The minimum Gasteiger partial charge on any atom is -0.494 e. The predicted molar refractivity (Wildman–Crippen MR) is 92.6 cm³/mol. The quantitative estimate of drug-likeness (QED) is 0.380. The highest BCUT2D eigenvalue weighted by molar-refractivity contribution is 5.45. The second kappa shape index (κ2) is 9.52. The number of nitro groups is 1. The van der Waals surface area contributed by atoms with Crippen LogP contribution in [0.1, 0.15) is 6.42 Å². The number of nitrogens with zero attached hydrogens (tertiary/aromatic N) is 2. The molecule has 0 saturated carbocycles. The summed E-state index contributed by atoms with van der Waals surface area (Å²) in [5.74, 6) is 1.18. The first-order chi connectivity index (χ1) is 11.7. The molecule has 0 aliphatic heterocycles. The summed E-state index contributed by atoms with van der Waals surface area (Å²) in [7, 11) is 1.99. The number of nitro benzene ring substituents is 1. The summed E-state index contributed by atoms with van der Waals surface area (Å²) in [5.41, 5.74) is -0.00332. The van der Waals surface area contributed by atoms with Gasteiger partial charge in [-0.05, 0) is 31.7 Å². The van der Waals surface area contributed by atoms with Crippen LogP contribution in [-0.2, 0) is 0 Å². The van der Waals surface area contributed by atoms with E-state index in [-0.39, 0.29) is 5.69 Å². The summed E-state index contributed by atoms with van der Waals surface area (Å²) in [6, 6.07) is 16.1. The van der Waals surface area contributed by atoms with Crippen LogP contribution >= 0.6 is 0 Å². The van der Waals surface area contributed by atoms with E-state index in [4.69, 9.17) is 9.47 Å². The Morgan fingerprint density at radius 1 is 0.958 bits per heavy atom. The van der Waals surface area contributed by atoms with Gasteiger partial charge in [0.05, 0.1) is 11.5 Å². The van der Waals surface area contributed by atoms with E-state index < -0.39 is 4.92 Å². The molecule has 0 heterocycles. The van der Waals surface area contributed by atoms with Gasteiger partial charge in [-0.2, -0.15) is 0 Å². The third-order valence-corrected chi connectivity index (χ3v) is 3.49. The summed E-state index contributed by atoms with van der Waals surface area (Å²) in [6.07, 6.45) is 0.900. The number of hydrogen-bond acceptors (Lipinski definition) is 5. The molecule has 6 nitrogen and oxygen atoms in total. The van der Waals surface area contributed by atoms with Crippen LogP contribution in [0.15, 0.2) is 54.6 Å². The predicted octanol–water partition coefficient (Wildman–Crippen LogP) is 3.37. The van der Waals surface area contributed by atoms with E-state index in [1.54, 1.807) is 18.2 Å². The minimum atomic E-state index is -0.431. The van der Waals surface area contributed by atoms with Crippen molar-refractivity contribution >= 4 is 5.69 Å². The number of para-hydroxylation sites is 3. The lowest BCUT2D eigenvalue weighted by Crippen LogP contribution is -2.26. The fourth-order valence-corrected chi connectivity index (χ4v) is 2.19. The monoisotopic (exact) mass is 330 g/mol. The molecule has 0 fully saturated rings. The van der Waals surface area contributed by atoms with E-state index >= 15 is 0 Å². The molecule has 24 heavy (non-hydrogen) atoms. The molecule has 0 spiro atoms. The molecule has 0 unspecified atom stereocenters. The SMILES string of the molecule is CN(CCCOc1ccccc1)CCOc1ccccc1[N+](=O)[O-]. The molecule has 0 N–H and O–H groups in total. The van der Waals surface area contributed by atoms with Gasteiger partial charge in [0.1, 0.15) is 12.4 Å². The molecule has 0 amide bonds. The van der Waals surface area contributed by atoms with Crippen molar-refractivity contribution in [2.45, 2.75) is 6.42 Å². The van der Waals surface area contributed by atoms with Crippen LogP contribution in [0.2, 0.25) is 0 Å². The number of likely N-dealkylation sites (N-methyl/N-ethyl adjacent to an activating group) is 1. The first-order valence-electron chi connectivity index (χ1n) is 7.89. The van der Waals surface area contributed by atoms with Crippen molar-refractivity contribution in [3.63, 3.8) is 0 Å². The zero-order chi connectivity index (χ0) is 17.2. The van der Waals surface area contributed by atoms with Crippen LogP contribution in [-0.4, -0.2) is 43.2 Å². The van der Waals surface area contributed by atoms with E-state index in [0.717, 1.165) is 18.7 Å². The second-order valence-electron chi connectivity index (χ2n) is 5.39. The summed E-state index contributed by atoms with van der Waals surface area (Å²) in [5, 5.41) is 10.9. The van der Waals surface area contributed by atoms with Crippen molar-refractivity contribution in [3.8, 4) is 11.5 Å². The van der Waals surface area contributed by atoms with E-state index in [1.807, 2.05) is 37.4 Å². The second-order valence-corrected chi connectivity index (χ2v) is 5.39. The molecule has 0 bridgehead atoms. The maximum Gasteiger partial charge on any atom is 0.310 e. The molecule has 0 atom stereocenters. The van der Waals surface area contributed by atoms with Crippen LogP contribution in [0.4, 0.5) is 5.69 Å². The van der Waals surface area contributed by atoms with Crippen LogP contribution in [0, 0.1) is 10.1 Å². The Bertz CT molecular complexity index is 634. The van der Waals surface area contributed by atoms with E-state index in [1.165, 1.54) is 6.07 Å². The van der Waals surface area contributed by atoms with Crippen molar-refractivity contribution in [3.05, 3.63) is 64.7 Å².